The van der Waals surface area contributed by atoms with Crippen LogP contribution in [-0.4, -0.2) is 37.2 Å². The van der Waals surface area contributed by atoms with Gasteiger partial charge in [-0.2, -0.15) is 0 Å². The monoisotopic (exact) mass is 512 g/mol. The van der Waals surface area contributed by atoms with Gasteiger partial charge in [0.25, 0.3) is 5.56 Å². The summed E-state index contributed by atoms with van der Waals surface area (Å²) in [7, 11) is 1.65. The lowest BCUT2D eigenvalue weighted by Gasteiger charge is -2.29. The number of fused-ring (bicyclic) bond motifs is 1. The van der Waals surface area contributed by atoms with E-state index in [0.717, 1.165) is 45.8 Å². The molecular formula is C29H32N6O3. The molecule has 0 bridgehead atoms. The molecule has 0 amide bonds. The lowest BCUT2D eigenvalue weighted by Crippen LogP contribution is -2.32. The van der Waals surface area contributed by atoms with Crippen LogP contribution in [0.4, 0.5) is 0 Å². The zero-order chi connectivity index (χ0) is 26.6. The minimum Gasteiger partial charge on any atom is -0.497 e. The summed E-state index contributed by atoms with van der Waals surface area (Å²) < 4.78 is 12.8. The minimum absolute atomic E-state index is 0.0992. The van der Waals surface area contributed by atoms with Gasteiger partial charge in [-0.25, -0.2) is 4.68 Å². The zero-order valence-electron chi connectivity index (χ0n) is 22.1. The van der Waals surface area contributed by atoms with Crippen molar-refractivity contribution in [2.45, 2.75) is 52.9 Å². The molecule has 0 aliphatic carbocycles. The maximum Gasteiger partial charge on any atom is 0.252 e. The SMILES string of the molecule is CCC(c1nnnn1Cc1ccc(OC)cc1)N(Cc1ccco1)Cc1cc2cc(C)c(C)cc2[nH]c1=O. The highest BCUT2D eigenvalue weighted by molar-refractivity contribution is 5.80. The fourth-order valence-corrected chi connectivity index (χ4v) is 4.81. The van der Waals surface area contributed by atoms with Crippen LogP contribution in [0.25, 0.3) is 10.9 Å². The minimum atomic E-state index is -0.150. The summed E-state index contributed by atoms with van der Waals surface area (Å²) in [5.74, 6) is 2.34. The fourth-order valence-electron chi connectivity index (χ4n) is 4.81. The number of nitrogens with zero attached hydrogens (tertiary/aromatic N) is 5. The normalized spacial score (nSPS) is 12.3. The van der Waals surface area contributed by atoms with E-state index in [1.165, 1.54) is 5.56 Å². The number of hydrogen-bond donors (Lipinski definition) is 1. The quantitative estimate of drug-likeness (QED) is 0.283. The molecule has 38 heavy (non-hydrogen) atoms. The van der Waals surface area contributed by atoms with Gasteiger partial charge in [0.15, 0.2) is 5.82 Å². The second kappa shape index (κ2) is 11.0. The third-order valence-electron chi connectivity index (χ3n) is 7.02. The first-order valence-corrected chi connectivity index (χ1v) is 12.7. The van der Waals surface area contributed by atoms with E-state index in [9.17, 15) is 4.79 Å². The molecule has 1 atom stereocenters. The number of aryl methyl sites for hydroxylation is 2. The Morgan fingerprint density at radius 2 is 1.87 bits per heavy atom. The third kappa shape index (κ3) is 5.38. The largest absolute Gasteiger partial charge is 0.497 e. The smallest absolute Gasteiger partial charge is 0.252 e. The van der Waals surface area contributed by atoms with Crippen LogP contribution in [-0.2, 0) is 19.6 Å². The number of hydrogen-bond acceptors (Lipinski definition) is 7. The van der Waals surface area contributed by atoms with Crippen molar-refractivity contribution in [3.05, 3.63) is 105 Å². The summed E-state index contributed by atoms with van der Waals surface area (Å²) in [6, 6.07) is 17.7. The standard InChI is InChI=1S/C29H32N6O3/c1-5-27(28-31-32-33-35(28)16-21-8-10-24(37-4)11-9-21)34(18-25-7-6-12-38-25)17-23-15-22-13-19(2)20(3)14-26(22)30-29(23)36/h6-15,27H,5,16-18H2,1-4H3,(H,30,36). The Morgan fingerprint density at radius 1 is 1.08 bits per heavy atom. The van der Waals surface area contributed by atoms with Gasteiger partial charge in [0.2, 0.25) is 0 Å². The second-order valence-corrected chi connectivity index (χ2v) is 9.60. The van der Waals surface area contributed by atoms with E-state index in [0.29, 0.717) is 25.2 Å². The summed E-state index contributed by atoms with van der Waals surface area (Å²) in [6.07, 6.45) is 2.41. The Morgan fingerprint density at radius 3 is 2.58 bits per heavy atom. The number of ether oxygens (including phenoxy) is 1. The maximum absolute atomic E-state index is 13.2. The number of aromatic nitrogens is 5. The number of nitrogens with one attached hydrogen (secondary N) is 1. The molecule has 9 heteroatoms. The van der Waals surface area contributed by atoms with Gasteiger partial charge in [-0.15, -0.1) is 5.10 Å². The Kier molecular flexibility index (Phi) is 7.37. The molecule has 1 N–H and O–H groups in total. The first-order chi connectivity index (χ1) is 18.4. The van der Waals surface area contributed by atoms with Gasteiger partial charge in [0.1, 0.15) is 11.5 Å². The van der Waals surface area contributed by atoms with Crippen LogP contribution in [0.3, 0.4) is 0 Å². The van der Waals surface area contributed by atoms with Crippen LogP contribution in [0.1, 0.15) is 53.2 Å². The number of aromatic amines is 1. The number of furan rings is 1. The zero-order valence-corrected chi connectivity index (χ0v) is 22.1. The molecule has 0 aliphatic rings. The average Bonchev–Trinajstić information content (AvgIpc) is 3.59. The van der Waals surface area contributed by atoms with Crippen molar-refractivity contribution in [2.24, 2.45) is 0 Å². The van der Waals surface area contributed by atoms with Gasteiger partial charge < -0.3 is 14.1 Å². The number of pyridine rings is 1. The van der Waals surface area contributed by atoms with E-state index in [4.69, 9.17) is 9.15 Å². The van der Waals surface area contributed by atoms with Crippen LogP contribution in [0.15, 0.2) is 70.1 Å². The highest BCUT2D eigenvalue weighted by atomic mass is 16.5. The van der Waals surface area contributed by atoms with Crippen molar-refractivity contribution in [2.75, 3.05) is 7.11 Å². The molecule has 0 radical (unpaired) electrons. The topological polar surface area (TPSA) is 102 Å². The molecule has 2 aromatic carbocycles. The molecule has 9 nitrogen and oxygen atoms in total. The Labute approximate surface area is 221 Å². The lowest BCUT2D eigenvalue weighted by molar-refractivity contribution is 0.149. The van der Waals surface area contributed by atoms with E-state index in [1.54, 1.807) is 13.4 Å². The molecule has 0 aliphatic heterocycles. The third-order valence-corrected chi connectivity index (χ3v) is 7.02. The molecule has 3 aromatic heterocycles. The summed E-state index contributed by atoms with van der Waals surface area (Å²) in [5.41, 5.74) is 4.82. The molecule has 5 aromatic rings. The highest BCUT2D eigenvalue weighted by Gasteiger charge is 2.27. The molecule has 0 saturated carbocycles. The first kappa shape index (κ1) is 25.4. The van der Waals surface area contributed by atoms with Gasteiger partial charge in [-0.05, 0) is 95.2 Å². The van der Waals surface area contributed by atoms with Crippen molar-refractivity contribution in [1.29, 1.82) is 0 Å². The van der Waals surface area contributed by atoms with Crippen LogP contribution in [0.2, 0.25) is 0 Å². The van der Waals surface area contributed by atoms with E-state index in [-0.39, 0.29) is 11.6 Å². The van der Waals surface area contributed by atoms with Crippen molar-refractivity contribution in [3.63, 3.8) is 0 Å². The van der Waals surface area contributed by atoms with Gasteiger partial charge in [0, 0.05) is 17.6 Å². The van der Waals surface area contributed by atoms with Crippen molar-refractivity contribution >= 4 is 10.9 Å². The molecule has 0 saturated heterocycles. The molecule has 196 valence electrons. The predicted molar refractivity (Wildman–Crippen MR) is 145 cm³/mol. The van der Waals surface area contributed by atoms with Gasteiger partial charge >= 0.3 is 0 Å². The lowest BCUT2D eigenvalue weighted by atomic mass is 10.0. The summed E-state index contributed by atoms with van der Waals surface area (Å²) in [5, 5.41) is 13.7. The van der Waals surface area contributed by atoms with Gasteiger partial charge in [0.05, 0.1) is 32.5 Å². The maximum atomic E-state index is 13.2. The van der Waals surface area contributed by atoms with Crippen LogP contribution >= 0.6 is 0 Å². The predicted octanol–water partition coefficient (Wildman–Crippen LogP) is 4.93. The Balaban J connectivity index is 1.49. The first-order valence-electron chi connectivity index (χ1n) is 12.7. The van der Waals surface area contributed by atoms with Crippen molar-refractivity contribution in [3.8, 4) is 5.75 Å². The fraction of sp³-hybridized carbons (Fsp3) is 0.310. The number of tetrazole rings is 1. The van der Waals surface area contributed by atoms with Crippen LogP contribution < -0.4 is 10.3 Å². The molecule has 3 heterocycles. The van der Waals surface area contributed by atoms with Crippen LogP contribution in [0, 0.1) is 13.8 Å². The number of rotatable bonds is 10. The molecule has 0 spiro atoms. The Hall–Kier alpha value is -4.24. The van der Waals surface area contributed by atoms with E-state index < -0.39 is 0 Å². The number of methoxy groups -OCH3 is 1. The van der Waals surface area contributed by atoms with Crippen molar-refractivity contribution in [1.82, 2.24) is 30.1 Å². The highest BCUT2D eigenvalue weighted by Crippen LogP contribution is 2.27. The number of H-pyrrole nitrogens is 1. The molecule has 5 rings (SSSR count). The summed E-state index contributed by atoms with van der Waals surface area (Å²) in [6.45, 7) is 7.67. The van der Waals surface area contributed by atoms with Gasteiger partial charge in [-0.1, -0.05) is 19.1 Å². The summed E-state index contributed by atoms with van der Waals surface area (Å²) in [4.78, 5) is 18.4. The Bertz CT molecular complexity index is 1570. The molecular weight excluding hydrogens is 480 g/mol. The van der Waals surface area contributed by atoms with Crippen molar-refractivity contribution < 1.29 is 9.15 Å². The molecule has 0 fully saturated rings. The summed E-state index contributed by atoms with van der Waals surface area (Å²) >= 11 is 0. The van der Waals surface area contributed by atoms with E-state index in [2.05, 4.69) is 45.3 Å². The van der Waals surface area contributed by atoms with E-state index in [1.807, 2.05) is 60.1 Å². The van der Waals surface area contributed by atoms with E-state index >= 15 is 0 Å². The number of benzene rings is 2. The molecule has 1 unspecified atom stereocenters. The average molecular weight is 513 g/mol. The van der Waals surface area contributed by atoms with Gasteiger partial charge in [-0.3, -0.25) is 9.69 Å². The van der Waals surface area contributed by atoms with Crippen LogP contribution in [0.5, 0.6) is 5.75 Å². The second-order valence-electron chi connectivity index (χ2n) is 9.60.